The van der Waals surface area contributed by atoms with E-state index in [1.165, 1.54) is 10.9 Å². The molecule has 1 aliphatic heterocycles. The largest absolute Gasteiger partial charge is 0.466 e. The lowest BCUT2D eigenvalue weighted by Crippen LogP contribution is -2.33. The minimum atomic E-state index is -4.64. The van der Waals surface area contributed by atoms with Gasteiger partial charge in [0.15, 0.2) is 23.2 Å². The summed E-state index contributed by atoms with van der Waals surface area (Å²) < 4.78 is 37.5. The maximum absolute atomic E-state index is 13.2. The van der Waals surface area contributed by atoms with E-state index in [9.17, 15) is 14.6 Å². The third-order valence-electron chi connectivity index (χ3n) is 3.21. The van der Waals surface area contributed by atoms with Gasteiger partial charge >= 0.3 is 21.7 Å². The van der Waals surface area contributed by atoms with E-state index in [4.69, 9.17) is 54.1 Å². The van der Waals surface area contributed by atoms with Gasteiger partial charge in [0.1, 0.15) is 18.3 Å². The molecule has 2 aromatic heterocycles. The standard InChI is InChI=1S/C10H12FN5O4.2H3O4P/c11-10-14-7(12)4-8(15-10)16(2-13-4)9-6(19)5(18)3(1-17)20-9;2*1-5(2,3)4/h2-3,5-6,9,17-19H,1H2,(H2,12,14,15);2*(H3,1,2,3,4)/t3-,5-,6+,9-;;/m1../s1. The number of aliphatic hydroxyl groups excluding tert-OH is 3. The van der Waals surface area contributed by atoms with Crippen molar-refractivity contribution in [3.05, 3.63) is 12.4 Å². The van der Waals surface area contributed by atoms with Crippen LogP contribution in [-0.2, 0) is 13.9 Å². The maximum Gasteiger partial charge on any atom is 0.466 e. The summed E-state index contributed by atoms with van der Waals surface area (Å²) in [5.41, 5.74) is 5.71. The molecule has 0 aromatic carbocycles. The number of imidazole rings is 1. The van der Waals surface area contributed by atoms with E-state index in [1.54, 1.807) is 0 Å². The Hall–Kier alpha value is -1.66. The first-order valence-corrected chi connectivity index (χ1v) is 10.5. The number of nitrogen functional groups attached to an aromatic ring is 1. The lowest BCUT2D eigenvalue weighted by Gasteiger charge is -2.16. The van der Waals surface area contributed by atoms with Crippen LogP contribution in [0.5, 0.6) is 0 Å². The number of halogens is 1. The molecule has 0 saturated carbocycles. The quantitative estimate of drug-likeness (QED) is 0.146. The molecule has 3 heterocycles. The van der Waals surface area contributed by atoms with E-state index in [0.717, 1.165) is 0 Å². The fraction of sp³-hybridized carbons (Fsp3) is 0.500. The molecule has 3 rings (SSSR count). The second kappa shape index (κ2) is 10.1. The number of hydrogen-bond donors (Lipinski definition) is 10. The first kappa shape index (κ1) is 26.4. The van der Waals surface area contributed by atoms with Crippen molar-refractivity contribution in [2.75, 3.05) is 12.3 Å². The van der Waals surface area contributed by atoms with Crippen LogP contribution in [0.3, 0.4) is 0 Å². The molecule has 1 saturated heterocycles. The third kappa shape index (κ3) is 8.23. The normalized spacial score (nSPS) is 24.1. The van der Waals surface area contributed by atoms with Crippen LogP contribution in [-0.4, -0.2) is 89.1 Å². The van der Waals surface area contributed by atoms with E-state index >= 15 is 0 Å². The van der Waals surface area contributed by atoms with Crippen molar-refractivity contribution in [3.63, 3.8) is 0 Å². The molecule has 4 atom stereocenters. The van der Waals surface area contributed by atoms with Crippen molar-refractivity contribution in [1.82, 2.24) is 19.5 Å². The lowest BCUT2D eigenvalue weighted by molar-refractivity contribution is -0.0511. The summed E-state index contributed by atoms with van der Waals surface area (Å²) in [5.74, 6) is -0.141. The Bertz CT molecular complexity index is 912. The Labute approximate surface area is 165 Å². The number of aromatic nitrogens is 4. The van der Waals surface area contributed by atoms with Gasteiger partial charge in [-0.3, -0.25) is 4.57 Å². The zero-order valence-electron chi connectivity index (χ0n) is 14.5. The highest BCUT2D eigenvalue weighted by molar-refractivity contribution is 7.45. The molecule has 0 amide bonds. The molecule has 30 heavy (non-hydrogen) atoms. The van der Waals surface area contributed by atoms with Gasteiger partial charge in [0, 0.05) is 0 Å². The molecule has 0 bridgehead atoms. The highest BCUT2D eigenvalue weighted by Gasteiger charge is 2.44. The Balaban J connectivity index is 0.000000378. The summed E-state index contributed by atoms with van der Waals surface area (Å²) in [6, 6.07) is 0. The second-order valence-corrected chi connectivity index (χ2v) is 7.51. The van der Waals surface area contributed by atoms with Crippen molar-refractivity contribution in [3.8, 4) is 0 Å². The summed E-state index contributed by atoms with van der Waals surface area (Å²) in [7, 11) is -9.28. The van der Waals surface area contributed by atoms with Gasteiger partial charge in [-0.2, -0.15) is 14.4 Å². The van der Waals surface area contributed by atoms with Crippen LogP contribution in [0.25, 0.3) is 11.2 Å². The summed E-state index contributed by atoms with van der Waals surface area (Å²) >= 11 is 0. The van der Waals surface area contributed by atoms with Crippen LogP contribution in [0.15, 0.2) is 6.33 Å². The fourth-order valence-corrected chi connectivity index (χ4v) is 2.21. The predicted molar refractivity (Wildman–Crippen MR) is 91.2 cm³/mol. The second-order valence-electron chi connectivity index (χ2n) is 5.46. The molecule has 20 heteroatoms. The number of ether oxygens (including phenoxy) is 1. The van der Waals surface area contributed by atoms with Crippen molar-refractivity contribution in [2.45, 2.75) is 24.5 Å². The van der Waals surface area contributed by atoms with Crippen LogP contribution in [0.1, 0.15) is 6.23 Å². The topological polar surface area (TPSA) is 295 Å². The molecule has 2 aromatic rings. The van der Waals surface area contributed by atoms with Crippen LogP contribution in [0, 0.1) is 6.08 Å². The number of hydrogen-bond acceptors (Lipinski definition) is 10. The average Bonchev–Trinajstić information content (AvgIpc) is 3.06. The SMILES string of the molecule is Nc1nc(F)nc2c1ncn2[C@@H]1O[C@H](CO)[C@@H](O)[C@@H]1O.O=P(O)(O)O.O=P(O)(O)O. The first-order valence-electron chi connectivity index (χ1n) is 7.37. The Morgan fingerprint density at radius 1 is 1.07 bits per heavy atom. The Kier molecular flexibility index (Phi) is 8.88. The summed E-state index contributed by atoms with van der Waals surface area (Å²) in [5, 5.41) is 28.7. The van der Waals surface area contributed by atoms with Gasteiger partial charge in [0.05, 0.1) is 12.9 Å². The van der Waals surface area contributed by atoms with Gasteiger partial charge in [-0.1, -0.05) is 0 Å². The van der Waals surface area contributed by atoms with E-state index in [2.05, 4.69) is 15.0 Å². The molecule has 0 radical (unpaired) electrons. The van der Waals surface area contributed by atoms with Gasteiger partial charge < -0.3 is 55.2 Å². The van der Waals surface area contributed by atoms with E-state index in [1.807, 2.05) is 0 Å². The monoisotopic (exact) mass is 481 g/mol. The number of nitrogens with two attached hydrogens (primary N) is 1. The average molecular weight is 481 g/mol. The van der Waals surface area contributed by atoms with Crippen molar-refractivity contribution >= 4 is 32.6 Å². The van der Waals surface area contributed by atoms with Crippen LogP contribution in [0.2, 0.25) is 0 Å². The summed E-state index contributed by atoms with van der Waals surface area (Å²) in [4.78, 5) is 53.9. The van der Waals surface area contributed by atoms with Gasteiger partial charge in [-0.05, 0) is 0 Å². The number of aliphatic hydroxyl groups is 3. The molecule has 172 valence electrons. The van der Waals surface area contributed by atoms with Gasteiger partial charge in [-0.15, -0.1) is 0 Å². The Morgan fingerprint density at radius 2 is 1.57 bits per heavy atom. The number of anilines is 1. The molecule has 1 fully saturated rings. The minimum absolute atomic E-state index is 0.0323. The van der Waals surface area contributed by atoms with Gasteiger partial charge in [0.2, 0.25) is 0 Å². The number of rotatable bonds is 2. The summed E-state index contributed by atoms with van der Waals surface area (Å²) in [6.45, 7) is -0.465. The third-order valence-corrected chi connectivity index (χ3v) is 3.21. The Morgan fingerprint density at radius 3 is 2.00 bits per heavy atom. The van der Waals surface area contributed by atoms with Crippen LogP contribution < -0.4 is 5.73 Å². The lowest BCUT2D eigenvalue weighted by atomic mass is 10.1. The molecule has 0 unspecified atom stereocenters. The summed E-state index contributed by atoms with van der Waals surface area (Å²) in [6.07, 6.45) is -4.38. The number of nitrogens with zero attached hydrogens (tertiary/aromatic N) is 4. The van der Waals surface area contributed by atoms with Crippen molar-refractivity contribution in [1.29, 1.82) is 0 Å². The van der Waals surface area contributed by atoms with Gasteiger partial charge in [-0.25, -0.2) is 14.1 Å². The molecule has 17 nitrogen and oxygen atoms in total. The molecule has 1 aliphatic rings. The minimum Gasteiger partial charge on any atom is -0.394 e. The van der Waals surface area contributed by atoms with E-state index < -0.39 is 52.9 Å². The van der Waals surface area contributed by atoms with E-state index in [0.29, 0.717) is 0 Å². The van der Waals surface area contributed by atoms with E-state index in [-0.39, 0.29) is 17.0 Å². The highest BCUT2D eigenvalue weighted by Crippen LogP contribution is 2.31. The highest BCUT2D eigenvalue weighted by atomic mass is 31.2. The van der Waals surface area contributed by atoms with Crippen LogP contribution >= 0.6 is 15.6 Å². The maximum atomic E-state index is 13.2. The number of phosphoric acid groups is 2. The molecule has 0 aliphatic carbocycles. The predicted octanol–water partition coefficient (Wildman–Crippen LogP) is -3.70. The molecule has 11 N–H and O–H groups in total. The molecule has 0 spiro atoms. The van der Waals surface area contributed by atoms with Crippen molar-refractivity contribution < 1.29 is 62.9 Å². The molecular weight excluding hydrogens is 463 g/mol. The number of fused-ring (bicyclic) bond motifs is 1. The van der Waals surface area contributed by atoms with Crippen LogP contribution in [0.4, 0.5) is 10.2 Å². The van der Waals surface area contributed by atoms with Gasteiger partial charge in [0.25, 0.3) is 0 Å². The fourth-order valence-electron chi connectivity index (χ4n) is 2.21. The zero-order chi connectivity index (χ0) is 23.4. The molecular formula is C10H18FN5O12P2. The smallest absolute Gasteiger partial charge is 0.394 e. The zero-order valence-corrected chi connectivity index (χ0v) is 16.3. The first-order chi connectivity index (χ1) is 13.5. The van der Waals surface area contributed by atoms with Crippen molar-refractivity contribution in [2.24, 2.45) is 0 Å².